The molecule has 13 N–H and O–H groups in total. The molecule has 3 aliphatic heterocycles. The van der Waals surface area contributed by atoms with Crippen LogP contribution in [0.1, 0.15) is 20.3 Å². The van der Waals surface area contributed by atoms with Crippen molar-refractivity contribution in [2.45, 2.75) is 118 Å². The van der Waals surface area contributed by atoms with Crippen LogP contribution in [0.3, 0.4) is 0 Å². The monoisotopic (exact) mass is 674 g/mol. The van der Waals surface area contributed by atoms with E-state index in [1.165, 1.54) is 0 Å². The third kappa shape index (κ3) is 8.26. The largest absolute Gasteiger partial charge is 0.477 e. The number of aliphatic hydroxyl groups is 10. The number of amides is 2. The molecular weight excluding hydrogens is 632 g/mol. The van der Waals surface area contributed by atoms with Gasteiger partial charge >= 0.3 is 5.97 Å². The van der Waals surface area contributed by atoms with Crippen LogP contribution in [-0.4, -0.2) is 191 Å². The Morgan fingerprint density at radius 3 is 2.02 bits per heavy atom. The Bertz CT molecular complexity index is 1050. The first kappa shape index (κ1) is 38.3. The molecule has 16 atom stereocenters. The molecule has 3 heterocycles. The summed E-state index contributed by atoms with van der Waals surface area (Å²) < 4.78 is 27.2. The van der Waals surface area contributed by atoms with Crippen molar-refractivity contribution in [3.63, 3.8) is 0 Å². The molecule has 2 amide bonds. The number of carbonyl (C=O) groups excluding carboxylic acids is 2. The number of carboxylic acid groups (broad SMARTS) is 1. The van der Waals surface area contributed by atoms with E-state index in [9.17, 15) is 70.6 Å². The molecule has 0 bridgehead atoms. The highest BCUT2D eigenvalue weighted by Crippen LogP contribution is 2.35. The Balaban J connectivity index is 1.87. The summed E-state index contributed by atoms with van der Waals surface area (Å²) in [5.74, 6) is -6.18. The zero-order valence-electron chi connectivity index (χ0n) is 24.7. The number of hydrogen-bond donors (Lipinski definition) is 13. The van der Waals surface area contributed by atoms with Crippen molar-refractivity contribution in [2.24, 2.45) is 0 Å². The number of nitrogens with one attached hydrogen (secondary N) is 2. The van der Waals surface area contributed by atoms with Gasteiger partial charge in [-0.2, -0.15) is 0 Å². The minimum atomic E-state index is -2.84. The van der Waals surface area contributed by atoms with Crippen LogP contribution in [0.5, 0.6) is 0 Å². The molecule has 3 fully saturated rings. The van der Waals surface area contributed by atoms with E-state index in [-0.39, 0.29) is 0 Å². The van der Waals surface area contributed by atoms with E-state index in [0.29, 0.717) is 0 Å². The van der Waals surface area contributed by atoms with Crippen molar-refractivity contribution < 1.29 is 94.2 Å². The first-order valence-electron chi connectivity index (χ1n) is 14.2. The smallest absolute Gasteiger partial charge is 0.364 e. The molecular formula is C25H42N2O19. The van der Waals surface area contributed by atoms with E-state index in [2.05, 4.69) is 10.6 Å². The molecule has 0 unspecified atom stereocenters. The van der Waals surface area contributed by atoms with Crippen molar-refractivity contribution in [3.8, 4) is 0 Å². The fraction of sp³-hybridized carbons (Fsp3) is 0.880. The van der Waals surface area contributed by atoms with Gasteiger partial charge in [0.1, 0.15) is 67.1 Å². The summed E-state index contributed by atoms with van der Waals surface area (Å²) in [4.78, 5) is 36.0. The number of carboxylic acids is 1. The van der Waals surface area contributed by atoms with Crippen LogP contribution in [0.25, 0.3) is 0 Å². The lowest BCUT2D eigenvalue weighted by molar-refractivity contribution is -0.351. The van der Waals surface area contributed by atoms with Gasteiger partial charge in [-0.15, -0.1) is 0 Å². The second-order valence-corrected chi connectivity index (χ2v) is 11.3. The summed E-state index contributed by atoms with van der Waals surface area (Å²) in [6.45, 7) is -0.705. The van der Waals surface area contributed by atoms with Crippen LogP contribution in [0.2, 0.25) is 0 Å². The van der Waals surface area contributed by atoms with Gasteiger partial charge in [-0.1, -0.05) is 0 Å². The molecule has 3 saturated heterocycles. The van der Waals surface area contributed by atoms with Gasteiger partial charge < -0.3 is 90.5 Å². The first-order valence-corrected chi connectivity index (χ1v) is 14.2. The fourth-order valence-electron chi connectivity index (χ4n) is 5.45. The van der Waals surface area contributed by atoms with Gasteiger partial charge in [0.05, 0.1) is 32.0 Å². The fourth-order valence-corrected chi connectivity index (χ4v) is 5.45. The summed E-state index contributed by atoms with van der Waals surface area (Å²) in [7, 11) is 0. The van der Waals surface area contributed by atoms with Crippen molar-refractivity contribution in [3.05, 3.63) is 0 Å². The summed E-state index contributed by atoms with van der Waals surface area (Å²) in [5.41, 5.74) is 0. The van der Waals surface area contributed by atoms with E-state index < -0.39 is 142 Å². The maximum Gasteiger partial charge on any atom is 0.364 e. The minimum Gasteiger partial charge on any atom is -0.477 e. The molecule has 0 aromatic rings. The Morgan fingerprint density at radius 1 is 0.870 bits per heavy atom. The van der Waals surface area contributed by atoms with Crippen LogP contribution < -0.4 is 10.6 Å². The SMILES string of the molecule is CC(=O)N[C@H]1[C@H]([C@H](O)[C@H](O)CO)O[C@@](OC[C@@H]2O[C@@H](O)[C@@H](NC(C)=O)[C@@H](O[C@@H]3O[C@@H](CO)[C@H](O)[C@H](O)[C@@H]3O)[C@H]2O)(C(=O)O)C[C@H]1O. The molecule has 46 heavy (non-hydrogen) atoms. The second kappa shape index (κ2) is 15.8. The molecule has 3 aliphatic rings. The van der Waals surface area contributed by atoms with E-state index >= 15 is 0 Å². The van der Waals surface area contributed by atoms with Crippen LogP contribution in [0.4, 0.5) is 0 Å². The third-order valence-corrected chi connectivity index (χ3v) is 7.87. The molecule has 0 radical (unpaired) electrons. The summed E-state index contributed by atoms with van der Waals surface area (Å²) in [5, 5.41) is 117. The highest BCUT2D eigenvalue weighted by molar-refractivity contribution is 5.76. The van der Waals surface area contributed by atoms with Crippen LogP contribution in [0.15, 0.2) is 0 Å². The highest BCUT2D eigenvalue weighted by Gasteiger charge is 2.57. The van der Waals surface area contributed by atoms with Crippen molar-refractivity contribution in [2.75, 3.05) is 19.8 Å². The average Bonchev–Trinajstić information content (AvgIpc) is 2.99. The quantitative estimate of drug-likeness (QED) is 0.0913. The van der Waals surface area contributed by atoms with Crippen LogP contribution >= 0.6 is 0 Å². The molecule has 21 heteroatoms. The first-order chi connectivity index (χ1) is 21.5. The Hall–Kier alpha value is -2.19. The van der Waals surface area contributed by atoms with Crippen LogP contribution in [0, 0.1) is 0 Å². The molecule has 0 saturated carbocycles. The normalized spacial score (nSPS) is 42.9. The van der Waals surface area contributed by atoms with Gasteiger partial charge in [0, 0.05) is 20.3 Å². The zero-order valence-corrected chi connectivity index (χ0v) is 24.7. The Morgan fingerprint density at radius 2 is 1.48 bits per heavy atom. The van der Waals surface area contributed by atoms with Gasteiger partial charge in [-0.3, -0.25) is 9.59 Å². The minimum absolute atomic E-state index is 0.723. The molecule has 3 rings (SSSR count). The maximum absolute atomic E-state index is 12.5. The molecule has 0 aromatic carbocycles. The predicted molar refractivity (Wildman–Crippen MR) is 142 cm³/mol. The number of aliphatic hydroxyl groups excluding tert-OH is 10. The van der Waals surface area contributed by atoms with Crippen molar-refractivity contribution in [1.29, 1.82) is 0 Å². The number of aliphatic carboxylic acids is 1. The Labute approximate surface area is 260 Å². The molecule has 266 valence electrons. The third-order valence-electron chi connectivity index (χ3n) is 7.87. The van der Waals surface area contributed by atoms with E-state index in [1.54, 1.807) is 0 Å². The summed E-state index contributed by atoms with van der Waals surface area (Å²) >= 11 is 0. The molecule has 0 aliphatic carbocycles. The lowest BCUT2D eigenvalue weighted by Gasteiger charge is -2.48. The van der Waals surface area contributed by atoms with Gasteiger partial charge in [0.15, 0.2) is 12.6 Å². The number of ether oxygens (including phenoxy) is 5. The molecule has 21 nitrogen and oxygen atoms in total. The number of rotatable bonds is 12. The number of hydrogen-bond acceptors (Lipinski definition) is 18. The average molecular weight is 675 g/mol. The van der Waals surface area contributed by atoms with Crippen molar-refractivity contribution >= 4 is 17.8 Å². The molecule has 0 aromatic heterocycles. The van der Waals surface area contributed by atoms with E-state index in [1.807, 2.05) is 0 Å². The van der Waals surface area contributed by atoms with E-state index in [0.717, 1.165) is 13.8 Å². The topological polar surface area (TPSA) is 344 Å². The second-order valence-electron chi connectivity index (χ2n) is 11.3. The van der Waals surface area contributed by atoms with Crippen molar-refractivity contribution in [1.82, 2.24) is 10.6 Å². The lowest BCUT2D eigenvalue weighted by atomic mass is 9.88. The summed E-state index contributed by atoms with van der Waals surface area (Å²) in [6, 6.07) is -3.06. The highest BCUT2D eigenvalue weighted by atomic mass is 16.7. The van der Waals surface area contributed by atoms with Crippen LogP contribution in [-0.2, 0) is 38.1 Å². The standard InChI is InChI=1S/C25H42N2O19/c1-7(30)26-13-9(32)3-25(24(40)41,46-21(13)15(34)10(33)4-28)42-6-12-17(36)20(14(22(39)43-12)27-8(2)31)45-23-19(38)18(37)16(35)11(5-29)44-23/h9-23,28-29,32-39H,3-6H2,1-2H3,(H,26,30)(H,27,31)(H,40,41)/t9-,10-,11+,12+,13-,14+,15-,16+,17+,18+,19+,20-,21-,22-,23+,25-/m1/s1. The maximum atomic E-state index is 12.5. The zero-order chi connectivity index (χ0) is 34.7. The van der Waals surface area contributed by atoms with Gasteiger partial charge in [0.25, 0.3) is 5.79 Å². The summed E-state index contributed by atoms with van der Waals surface area (Å²) in [6.07, 6.45) is -24.8. The van der Waals surface area contributed by atoms with E-state index in [4.69, 9.17) is 23.7 Å². The Kier molecular flexibility index (Phi) is 13.1. The van der Waals surface area contributed by atoms with Gasteiger partial charge in [0.2, 0.25) is 11.8 Å². The van der Waals surface area contributed by atoms with Gasteiger partial charge in [-0.05, 0) is 0 Å². The number of carbonyl (C=O) groups is 3. The van der Waals surface area contributed by atoms with Gasteiger partial charge in [-0.25, -0.2) is 4.79 Å². The molecule has 0 spiro atoms. The predicted octanol–water partition coefficient (Wildman–Crippen LogP) is -8.08. The lowest BCUT2D eigenvalue weighted by Crippen LogP contribution is -2.69.